The van der Waals surface area contributed by atoms with Gasteiger partial charge in [-0.05, 0) is 18.2 Å². The highest BCUT2D eigenvalue weighted by Gasteiger charge is 2.39. The van der Waals surface area contributed by atoms with E-state index >= 15 is 0 Å². The van der Waals surface area contributed by atoms with Gasteiger partial charge in [-0.2, -0.15) is 26.3 Å². The Morgan fingerprint density at radius 2 is 1.57 bits per heavy atom. The summed E-state index contributed by atoms with van der Waals surface area (Å²) in [4.78, 5) is 10.0. The number of nitrogens with zero attached hydrogens (tertiary/aromatic N) is 1. The van der Waals surface area contributed by atoms with Gasteiger partial charge in [0.2, 0.25) is 10.0 Å². The van der Waals surface area contributed by atoms with Crippen LogP contribution in [0.2, 0.25) is 0 Å². The third kappa shape index (κ3) is 5.12. The lowest BCUT2D eigenvalue weighted by atomic mass is 10.1. The molecule has 2 aromatic carbocycles. The summed E-state index contributed by atoms with van der Waals surface area (Å²) in [5, 5.41) is 10.9. The van der Waals surface area contributed by atoms with Gasteiger partial charge >= 0.3 is 12.4 Å². The van der Waals surface area contributed by atoms with Gasteiger partial charge < -0.3 is 0 Å². The van der Waals surface area contributed by atoms with E-state index in [0.29, 0.717) is 6.07 Å². The SMILES string of the molecule is O=[N+]([O-])c1ccccc1CS(=O)(=O)Nc1ccc(C(F)(F)F)cc1C(F)(F)F. The summed E-state index contributed by atoms with van der Waals surface area (Å²) >= 11 is 0. The van der Waals surface area contributed by atoms with Gasteiger partial charge in [0.05, 0.1) is 21.7 Å². The van der Waals surface area contributed by atoms with Crippen molar-refractivity contribution in [3.63, 3.8) is 0 Å². The third-order valence-electron chi connectivity index (χ3n) is 3.45. The number of hydrogen-bond donors (Lipinski definition) is 1. The summed E-state index contributed by atoms with van der Waals surface area (Å²) in [6.07, 6.45) is -10.3. The quantitative estimate of drug-likeness (QED) is 0.429. The van der Waals surface area contributed by atoms with Gasteiger partial charge in [-0.15, -0.1) is 0 Å². The van der Waals surface area contributed by atoms with Crippen LogP contribution in [0, 0.1) is 10.1 Å². The Morgan fingerprint density at radius 1 is 0.964 bits per heavy atom. The first-order valence-corrected chi connectivity index (χ1v) is 8.87. The molecule has 0 aromatic heterocycles. The molecule has 0 aliphatic carbocycles. The number of nitrogens with one attached hydrogen (secondary N) is 1. The van der Waals surface area contributed by atoms with Crippen LogP contribution in [0.3, 0.4) is 0 Å². The number of hydrogen-bond acceptors (Lipinski definition) is 4. The molecule has 1 N–H and O–H groups in total. The molecular weight excluding hydrogens is 418 g/mol. The maximum atomic E-state index is 13.1. The molecule has 13 heteroatoms. The van der Waals surface area contributed by atoms with Crippen molar-refractivity contribution in [2.45, 2.75) is 18.1 Å². The predicted molar refractivity (Wildman–Crippen MR) is 85.8 cm³/mol. The molecular formula is C15H10F6N2O4S. The van der Waals surface area contributed by atoms with Gasteiger partial charge in [0.1, 0.15) is 5.75 Å². The van der Waals surface area contributed by atoms with Crippen molar-refractivity contribution in [3.8, 4) is 0 Å². The molecule has 0 aliphatic rings. The number of anilines is 1. The van der Waals surface area contributed by atoms with Crippen molar-refractivity contribution in [3.05, 3.63) is 69.3 Å². The highest BCUT2D eigenvalue weighted by atomic mass is 32.2. The van der Waals surface area contributed by atoms with Crippen molar-refractivity contribution in [1.29, 1.82) is 0 Å². The summed E-state index contributed by atoms with van der Waals surface area (Å²) in [6, 6.07) is 5.05. The number of nitro groups is 1. The molecule has 0 saturated carbocycles. The van der Waals surface area contributed by atoms with Crippen LogP contribution in [0.4, 0.5) is 37.7 Å². The Balaban J connectivity index is 2.43. The number of para-hydroxylation sites is 1. The van der Waals surface area contributed by atoms with Crippen molar-refractivity contribution < 1.29 is 39.7 Å². The fourth-order valence-electron chi connectivity index (χ4n) is 2.26. The molecule has 0 atom stereocenters. The number of alkyl halides is 6. The van der Waals surface area contributed by atoms with Gasteiger partial charge in [-0.1, -0.05) is 18.2 Å². The zero-order chi connectivity index (χ0) is 21.3. The number of rotatable bonds is 5. The molecule has 0 unspecified atom stereocenters. The zero-order valence-electron chi connectivity index (χ0n) is 13.5. The van der Waals surface area contributed by atoms with Crippen molar-refractivity contribution >= 4 is 21.4 Å². The summed E-state index contributed by atoms with van der Waals surface area (Å²) in [5.74, 6) is -1.05. The zero-order valence-corrected chi connectivity index (χ0v) is 14.3. The van der Waals surface area contributed by atoms with Crippen LogP contribution in [-0.4, -0.2) is 13.3 Å². The van der Waals surface area contributed by atoms with Crippen molar-refractivity contribution in [2.24, 2.45) is 0 Å². The van der Waals surface area contributed by atoms with Crippen LogP contribution in [0.5, 0.6) is 0 Å². The molecule has 2 rings (SSSR count). The predicted octanol–water partition coefficient (Wildman–Crippen LogP) is 4.57. The number of sulfonamides is 1. The van der Waals surface area contributed by atoms with Gasteiger partial charge in [0, 0.05) is 11.6 Å². The summed E-state index contributed by atoms with van der Waals surface area (Å²) in [7, 11) is -4.61. The smallest absolute Gasteiger partial charge is 0.283 e. The van der Waals surface area contributed by atoms with Crippen LogP contribution < -0.4 is 4.72 Å². The van der Waals surface area contributed by atoms with E-state index in [4.69, 9.17) is 0 Å². The largest absolute Gasteiger partial charge is 0.418 e. The second-order valence-electron chi connectivity index (χ2n) is 5.50. The van der Waals surface area contributed by atoms with E-state index in [2.05, 4.69) is 0 Å². The third-order valence-corrected chi connectivity index (χ3v) is 4.67. The van der Waals surface area contributed by atoms with E-state index in [1.165, 1.54) is 12.1 Å². The minimum absolute atomic E-state index is 0.219. The summed E-state index contributed by atoms with van der Waals surface area (Å²) in [6.45, 7) is 0. The number of halogens is 6. The molecule has 0 bridgehead atoms. The first-order chi connectivity index (χ1) is 12.7. The van der Waals surface area contributed by atoms with Crippen LogP contribution in [-0.2, 0) is 28.1 Å². The summed E-state index contributed by atoms with van der Waals surface area (Å²) in [5.41, 5.74) is -5.45. The minimum atomic E-state index is -5.28. The van der Waals surface area contributed by atoms with Crippen molar-refractivity contribution in [2.75, 3.05) is 4.72 Å². The Morgan fingerprint density at radius 3 is 2.11 bits per heavy atom. The van der Waals surface area contributed by atoms with Crippen molar-refractivity contribution in [1.82, 2.24) is 0 Å². The molecule has 0 saturated heterocycles. The lowest BCUT2D eigenvalue weighted by Crippen LogP contribution is -2.20. The van der Waals surface area contributed by atoms with E-state index in [-0.39, 0.29) is 17.7 Å². The Labute approximate surface area is 154 Å². The molecule has 0 spiro atoms. The maximum absolute atomic E-state index is 13.1. The molecule has 2 aromatic rings. The lowest BCUT2D eigenvalue weighted by Gasteiger charge is -2.17. The van der Waals surface area contributed by atoms with Crippen LogP contribution >= 0.6 is 0 Å². The Hall–Kier alpha value is -2.83. The lowest BCUT2D eigenvalue weighted by molar-refractivity contribution is -0.385. The fourth-order valence-corrected chi connectivity index (χ4v) is 3.50. The highest BCUT2D eigenvalue weighted by Crippen LogP contribution is 2.39. The van der Waals surface area contributed by atoms with E-state index < -0.39 is 55.6 Å². The molecule has 0 heterocycles. The molecule has 0 radical (unpaired) electrons. The first-order valence-electron chi connectivity index (χ1n) is 7.22. The van der Waals surface area contributed by atoms with Gasteiger partial charge in [0.25, 0.3) is 5.69 Å². The standard InChI is InChI=1S/C15H10F6N2O4S/c16-14(17,18)10-5-6-12(11(7-10)15(19,20)21)22-28(26,27)8-9-3-1-2-4-13(9)23(24)25/h1-7,22H,8H2. The van der Waals surface area contributed by atoms with E-state index in [1.54, 1.807) is 4.72 Å². The van der Waals surface area contributed by atoms with Crippen LogP contribution in [0.15, 0.2) is 42.5 Å². The molecule has 0 fully saturated rings. The topological polar surface area (TPSA) is 89.3 Å². The van der Waals surface area contributed by atoms with Crippen LogP contribution in [0.1, 0.15) is 16.7 Å². The van der Waals surface area contributed by atoms with E-state index in [9.17, 15) is 44.9 Å². The van der Waals surface area contributed by atoms with Crippen LogP contribution in [0.25, 0.3) is 0 Å². The number of benzene rings is 2. The first kappa shape index (κ1) is 21.5. The highest BCUT2D eigenvalue weighted by molar-refractivity contribution is 7.91. The second-order valence-corrected chi connectivity index (χ2v) is 7.23. The average Bonchev–Trinajstić information content (AvgIpc) is 2.52. The Kier molecular flexibility index (Phi) is 5.59. The monoisotopic (exact) mass is 428 g/mol. The fraction of sp³-hybridized carbons (Fsp3) is 0.200. The molecule has 0 aliphatic heterocycles. The average molecular weight is 428 g/mol. The minimum Gasteiger partial charge on any atom is -0.283 e. The normalized spacial score (nSPS) is 12.6. The maximum Gasteiger partial charge on any atom is 0.418 e. The Bertz CT molecular complexity index is 1000. The number of nitro benzene ring substituents is 1. The molecule has 152 valence electrons. The van der Waals surface area contributed by atoms with E-state index in [1.807, 2.05) is 0 Å². The van der Waals surface area contributed by atoms with Gasteiger partial charge in [-0.3, -0.25) is 14.8 Å². The van der Waals surface area contributed by atoms with Gasteiger partial charge in [-0.25, -0.2) is 8.42 Å². The molecule has 6 nitrogen and oxygen atoms in total. The van der Waals surface area contributed by atoms with E-state index in [0.717, 1.165) is 12.1 Å². The van der Waals surface area contributed by atoms with Gasteiger partial charge in [0.15, 0.2) is 0 Å². The molecule has 28 heavy (non-hydrogen) atoms. The second kappa shape index (κ2) is 7.30. The molecule has 0 amide bonds. The summed E-state index contributed by atoms with van der Waals surface area (Å²) < 4.78 is 103.